The molecule has 7 nitrogen and oxygen atoms in total. The van der Waals surface area contributed by atoms with Crippen molar-refractivity contribution < 1.29 is 9.72 Å². The van der Waals surface area contributed by atoms with E-state index in [0.29, 0.717) is 5.56 Å². The fourth-order valence-corrected chi connectivity index (χ4v) is 2.85. The minimum atomic E-state index is -0.546. The van der Waals surface area contributed by atoms with Crippen LogP contribution >= 0.6 is 11.8 Å². The first-order valence-corrected chi connectivity index (χ1v) is 7.86. The van der Waals surface area contributed by atoms with Crippen LogP contribution < -0.4 is 11.3 Å². The number of hydrogen-bond acceptors (Lipinski definition) is 6. The van der Waals surface area contributed by atoms with Crippen molar-refractivity contribution in [2.24, 2.45) is 5.84 Å². The van der Waals surface area contributed by atoms with Gasteiger partial charge in [-0.3, -0.25) is 20.8 Å². The molecule has 1 aromatic carbocycles. The molecule has 0 spiro atoms. The van der Waals surface area contributed by atoms with Gasteiger partial charge in [0, 0.05) is 30.5 Å². The second kappa shape index (κ2) is 7.84. The molecule has 0 saturated heterocycles. The topological polar surface area (TPSA) is 102 Å². The maximum absolute atomic E-state index is 12.4. The number of nitrogen functional groups attached to an aromatic ring is 1. The van der Waals surface area contributed by atoms with Gasteiger partial charge >= 0.3 is 0 Å². The van der Waals surface area contributed by atoms with E-state index in [-0.39, 0.29) is 23.3 Å². The maximum atomic E-state index is 12.4. The molecule has 1 unspecified atom stereocenters. The van der Waals surface area contributed by atoms with Crippen LogP contribution in [0.15, 0.2) is 18.2 Å². The van der Waals surface area contributed by atoms with E-state index in [9.17, 15) is 14.9 Å². The number of anilines is 1. The Morgan fingerprint density at radius 2 is 2.24 bits per heavy atom. The Hall–Kier alpha value is -1.80. The summed E-state index contributed by atoms with van der Waals surface area (Å²) < 4.78 is 0. The molecule has 0 radical (unpaired) electrons. The van der Waals surface area contributed by atoms with E-state index in [2.05, 4.69) is 5.43 Å². The number of nitro benzene ring substituents is 1. The van der Waals surface area contributed by atoms with E-state index in [4.69, 9.17) is 5.84 Å². The van der Waals surface area contributed by atoms with Crippen molar-refractivity contribution in [1.29, 1.82) is 0 Å². The number of nitrogens with two attached hydrogens (primary N) is 1. The molecule has 0 aliphatic heterocycles. The first-order chi connectivity index (χ1) is 9.96. The number of thioether (sulfide) groups is 1. The van der Waals surface area contributed by atoms with Gasteiger partial charge in [0.2, 0.25) is 0 Å². The molecule has 3 N–H and O–H groups in total. The Balaban J connectivity index is 3.04. The first-order valence-electron chi connectivity index (χ1n) is 6.47. The number of carbonyl (C=O) groups excluding carboxylic acids is 1. The molecule has 0 saturated carbocycles. The van der Waals surface area contributed by atoms with Crippen molar-refractivity contribution in [3.8, 4) is 0 Å². The van der Waals surface area contributed by atoms with Crippen LogP contribution in [0.25, 0.3) is 0 Å². The molecular formula is C13H20N4O3S. The molecular weight excluding hydrogens is 292 g/mol. The monoisotopic (exact) mass is 312 g/mol. The van der Waals surface area contributed by atoms with Crippen molar-refractivity contribution in [3.63, 3.8) is 0 Å². The van der Waals surface area contributed by atoms with Crippen molar-refractivity contribution in [2.75, 3.05) is 24.5 Å². The predicted molar refractivity (Wildman–Crippen MR) is 85.5 cm³/mol. The fourth-order valence-electron chi connectivity index (χ4n) is 2.01. The van der Waals surface area contributed by atoms with Gasteiger partial charge in [0.1, 0.15) is 5.69 Å². The standard InChI is InChI=1S/C13H20N4O3S/c1-4-10(8-21-3)16(2)13(18)9-5-6-12(17(19)20)11(7-9)15-14/h5-7,10,15H,4,8,14H2,1-3H3. The molecule has 1 rings (SSSR count). The zero-order chi connectivity index (χ0) is 16.0. The lowest BCUT2D eigenvalue weighted by atomic mass is 10.1. The normalized spacial score (nSPS) is 11.8. The average molecular weight is 312 g/mol. The number of carbonyl (C=O) groups is 1. The average Bonchev–Trinajstić information content (AvgIpc) is 2.50. The van der Waals surface area contributed by atoms with Gasteiger partial charge < -0.3 is 10.3 Å². The molecule has 1 atom stereocenters. The molecule has 0 heterocycles. The minimum Gasteiger partial charge on any atom is -0.338 e. The van der Waals surface area contributed by atoms with Crippen molar-refractivity contribution >= 4 is 29.0 Å². The smallest absolute Gasteiger partial charge is 0.293 e. The lowest BCUT2D eigenvalue weighted by Gasteiger charge is -2.27. The third-order valence-electron chi connectivity index (χ3n) is 3.29. The molecule has 0 aromatic heterocycles. The van der Waals surface area contributed by atoms with Gasteiger partial charge in [-0.05, 0) is 24.8 Å². The van der Waals surface area contributed by atoms with Crippen LogP contribution in [0.1, 0.15) is 23.7 Å². The van der Waals surface area contributed by atoms with Crippen LogP contribution in [0, 0.1) is 10.1 Å². The number of amides is 1. The number of nitro groups is 1. The van der Waals surface area contributed by atoms with Gasteiger partial charge in [0.15, 0.2) is 0 Å². The Morgan fingerprint density at radius 3 is 2.71 bits per heavy atom. The number of nitrogens with one attached hydrogen (secondary N) is 1. The van der Waals surface area contributed by atoms with Crippen LogP contribution in [0.5, 0.6) is 0 Å². The first kappa shape index (κ1) is 17.3. The molecule has 0 fully saturated rings. The van der Waals surface area contributed by atoms with Crippen molar-refractivity contribution in [1.82, 2.24) is 4.90 Å². The highest BCUT2D eigenvalue weighted by molar-refractivity contribution is 7.98. The number of rotatable bonds is 7. The van der Waals surface area contributed by atoms with Crippen molar-refractivity contribution in [2.45, 2.75) is 19.4 Å². The Kier molecular flexibility index (Phi) is 6.44. The van der Waals surface area contributed by atoms with Gasteiger partial charge in [-0.2, -0.15) is 11.8 Å². The zero-order valence-corrected chi connectivity index (χ0v) is 13.1. The van der Waals surface area contributed by atoms with E-state index in [1.165, 1.54) is 18.2 Å². The van der Waals surface area contributed by atoms with E-state index >= 15 is 0 Å². The highest BCUT2D eigenvalue weighted by Crippen LogP contribution is 2.25. The maximum Gasteiger partial charge on any atom is 0.293 e. The van der Waals surface area contributed by atoms with E-state index in [1.807, 2.05) is 13.2 Å². The molecule has 21 heavy (non-hydrogen) atoms. The number of hydrogen-bond donors (Lipinski definition) is 2. The molecule has 116 valence electrons. The summed E-state index contributed by atoms with van der Waals surface area (Å²) in [6.07, 6.45) is 2.83. The molecule has 0 bridgehead atoms. The Morgan fingerprint density at radius 1 is 1.57 bits per heavy atom. The summed E-state index contributed by atoms with van der Waals surface area (Å²) in [7, 11) is 1.74. The second-order valence-corrected chi connectivity index (χ2v) is 5.48. The summed E-state index contributed by atoms with van der Waals surface area (Å²) in [4.78, 5) is 24.4. The van der Waals surface area contributed by atoms with Crippen LogP contribution in [0.4, 0.5) is 11.4 Å². The van der Waals surface area contributed by atoms with E-state index in [0.717, 1.165) is 12.2 Å². The number of benzene rings is 1. The molecule has 1 amide bonds. The van der Waals surface area contributed by atoms with Gasteiger partial charge in [0.05, 0.1) is 4.92 Å². The van der Waals surface area contributed by atoms with Crippen LogP contribution in [0.2, 0.25) is 0 Å². The summed E-state index contributed by atoms with van der Waals surface area (Å²) in [6, 6.07) is 4.26. The van der Waals surface area contributed by atoms with Gasteiger partial charge in [-0.1, -0.05) is 6.92 Å². The summed E-state index contributed by atoms with van der Waals surface area (Å²) in [5.74, 6) is 5.95. The summed E-state index contributed by atoms with van der Waals surface area (Å²) >= 11 is 1.67. The van der Waals surface area contributed by atoms with Crippen LogP contribution in [0.3, 0.4) is 0 Å². The summed E-state index contributed by atoms with van der Waals surface area (Å²) in [5, 5.41) is 10.8. The van der Waals surface area contributed by atoms with Crippen LogP contribution in [-0.4, -0.2) is 40.8 Å². The quantitative estimate of drug-likeness (QED) is 0.454. The van der Waals surface area contributed by atoms with Gasteiger partial charge in [-0.25, -0.2) is 0 Å². The van der Waals surface area contributed by atoms with Gasteiger partial charge in [0.25, 0.3) is 11.6 Å². The third-order valence-corrected chi connectivity index (χ3v) is 4.01. The number of nitrogens with zero attached hydrogens (tertiary/aromatic N) is 2. The Labute approximate surface area is 128 Å². The largest absolute Gasteiger partial charge is 0.338 e. The summed E-state index contributed by atoms with van der Waals surface area (Å²) in [5.41, 5.74) is 2.60. The SMILES string of the molecule is CCC(CSC)N(C)C(=O)c1ccc([N+](=O)[O-])c(NN)c1. The second-order valence-electron chi connectivity index (χ2n) is 4.57. The molecule has 1 aromatic rings. The number of hydrazine groups is 1. The van der Waals surface area contributed by atoms with Gasteiger partial charge in [-0.15, -0.1) is 0 Å². The fraction of sp³-hybridized carbons (Fsp3) is 0.462. The lowest BCUT2D eigenvalue weighted by Crippen LogP contribution is -2.38. The van der Waals surface area contributed by atoms with E-state index < -0.39 is 4.92 Å². The molecule has 8 heteroatoms. The summed E-state index contributed by atoms with van der Waals surface area (Å²) in [6.45, 7) is 2.02. The van der Waals surface area contributed by atoms with Crippen molar-refractivity contribution in [3.05, 3.63) is 33.9 Å². The highest BCUT2D eigenvalue weighted by Gasteiger charge is 2.22. The molecule has 0 aliphatic rings. The van der Waals surface area contributed by atoms with Crippen LogP contribution in [-0.2, 0) is 0 Å². The third kappa shape index (κ3) is 4.08. The van der Waals surface area contributed by atoms with E-state index in [1.54, 1.807) is 23.7 Å². The Bertz CT molecular complexity index is 524. The molecule has 0 aliphatic carbocycles. The lowest BCUT2D eigenvalue weighted by molar-refractivity contribution is -0.384. The predicted octanol–water partition coefficient (Wildman–Crippen LogP) is 2.09. The highest BCUT2D eigenvalue weighted by atomic mass is 32.2. The minimum absolute atomic E-state index is 0.122. The zero-order valence-electron chi connectivity index (χ0n) is 12.3.